The van der Waals surface area contributed by atoms with E-state index in [2.05, 4.69) is 27.7 Å². The molecule has 0 aliphatic rings. The van der Waals surface area contributed by atoms with Gasteiger partial charge in [0.2, 0.25) is 5.91 Å². The molecule has 2 N–H and O–H groups in total. The molecule has 0 saturated carbocycles. The van der Waals surface area contributed by atoms with Crippen LogP contribution in [0.4, 0.5) is 0 Å². The Morgan fingerprint density at radius 3 is 1.44 bits per heavy atom. The van der Waals surface area contributed by atoms with Crippen LogP contribution in [-0.4, -0.2) is 34.1 Å². The topological polar surface area (TPSA) is 60.8 Å². The molecule has 2 rings (SSSR count). The van der Waals surface area contributed by atoms with Crippen LogP contribution in [0.2, 0.25) is 0 Å². The van der Waals surface area contributed by atoms with Gasteiger partial charge >= 0.3 is 0 Å². The molecule has 146 valence electrons. The predicted octanol–water partition coefficient (Wildman–Crippen LogP) is 4.54. The number of hydrogen-bond donors (Lipinski definition) is 2. The van der Waals surface area contributed by atoms with Gasteiger partial charge in [0, 0.05) is 13.1 Å². The Labute approximate surface area is 162 Å². The Morgan fingerprint density at radius 1 is 0.815 bits per heavy atom. The standard InChI is InChI=1S/C23H31NO3/c1-16(2)14-24(15-17(3)4)22(27)23(5,18-6-10-20(25)11-7-18)19-8-12-21(26)13-9-19/h6-13,16-17,25-26H,14-15H2,1-5H3. The molecule has 1 amide bonds. The highest BCUT2D eigenvalue weighted by Gasteiger charge is 2.40. The average molecular weight is 370 g/mol. The third kappa shape index (κ3) is 4.82. The van der Waals surface area contributed by atoms with Crippen LogP contribution in [0.15, 0.2) is 48.5 Å². The monoisotopic (exact) mass is 369 g/mol. The van der Waals surface area contributed by atoms with Gasteiger partial charge in [0.1, 0.15) is 11.5 Å². The molecule has 0 fully saturated rings. The predicted molar refractivity (Wildman–Crippen MR) is 109 cm³/mol. The molecule has 0 unspecified atom stereocenters. The van der Waals surface area contributed by atoms with Crippen LogP contribution in [-0.2, 0) is 10.2 Å². The molecule has 4 nitrogen and oxygen atoms in total. The highest BCUT2D eigenvalue weighted by Crippen LogP contribution is 2.36. The molecule has 0 bridgehead atoms. The van der Waals surface area contributed by atoms with Gasteiger partial charge in [0.25, 0.3) is 0 Å². The number of phenolic OH excluding ortho intramolecular Hbond substituents is 2. The Bertz CT molecular complexity index is 693. The molecule has 0 aromatic heterocycles. The lowest BCUT2D eigenvalue weighted by molar-refractivity contribution is -0.136. The van der Waals surface area contributed by atoms with Gasteiger partial charge in [-0.1, -0.05) is 52.0 Å². The lowest BCUT2D eigenvalue weighted by Gasteiger charge is -2.37. The number of nitrogens with zero attached hydrogens (tertiary/aromatic N) is 1. The van der Waals surface area contributed by atoms with Gasteiger partial charge in [-0.3, -0.25) is 4.79 Å². The van der Waals surface area contributed by atoms with Crippen LogP contribution >= 0.6 is 0 Å². The zero-order chi connectivity index (χ0) is 20.2. The summed E-state index contributed by atoms with van der Waals surface area (Å²) < 4.78 is 0. The highest BCUT2D eigenvalue weighted by molar-refractivity contribution is 5.91. The number of aromatic hydroxyl groups is 2. The number of benzene rings is 2. The van der Waals surface area contributed by atoms with Crippen molar-refractivity contribution in [2.45, 2.75) is 40.0 Å². The minimum absolute atomic E-state index is 0.0290. The van der Waals surface area contributed by atoms with E-state index in [1.54, 1.807) is 48.5 Å². The van der Waals surface area contributed by atoms with E-state index >= 15 is 0 Å². The minimum Gasteiger partial charge on any atom is -0.508 e. The van der Waals surface area contributed by atoms with E-state index in [0.717, 1.165) is 11.1 Å². The molecule has 0 aliphatic carbocycles. The smallest absolute Gasteiger partial charge is 0.237 e. The lowest BCUT2D eigenvalue weighted by atomic mass is 9.74. The third-order valence-corrected chi connectivity index (χ3v) is 4.78. The van der Waals surface area contributed by atoms with Crippen molar-refractivity contribution in [2.24, 2.45) is 11.8 Å². The summed E-state index contributed by atoms with van der Waals surface area (Å²) in [6, 6.07) is 13.6. The molecule has 0 atom stereocenters. The number of carbonyl (C=O) groups excluding carboxylic acids is 1. The third-order valence-electron chi connectivity index (χ3n) is 4.78. The molecule has 0 aliphatic heterocycles. The van der Waals surface area contributed by atoms with E-state index in [-0.39, 0.29) is 17.4 Å². The largest absolute Gasteiger partial charge is 0.508 e. The second-order valence-corrected chi connectivity index (χ2v) is 8.22. The van der Waals surface area contributed by atoms with Crippen molar-refractivity contribution in [2.75, 3.05) is 13.1 Å². The Hall–Kier alpha value is -2.49. The van der Waals surface area contributed by atoms with Gasteiger partial charge in [-0.25, -0.2) is 0 Å². The maximum Gasteiger partial charge on any atom is 0.237 e. The van der Waals surface area contributed by atoms with Crippen LogP contribution in [0, 0.1) is 11.8 Å². The van der Waals surface area contributed by atoms with E-state index in [9.17, 15) is 15.0 Å². The first kappa shape index (κ1) is 20.8. The molecular formula is C23H31NO3. The number of rotatable bonds is 7. The fourth-order valence-electron chi connectivity index (χ4n) is 3.44. The van der Waals surface area contributed by atoms with Crippen molar-refractivity contribution >= 4 is 5.91 Å². The first-order valence-electron chi connectivity index (χ1n) is 9.53. The molecule has 0 saturated heterocycles. The number of amides is 1. The summed E-state index contributed by atoms with van der Waals surface area (Å²) in [5.74, 6) is 1.08. The summed E-state index contributed by atoms with van der Waals surface area (Å²) in [7, 11) is 0. The van der Waals surface area contributed by atoms with E-state index in [4.69, 9.17) is 0 Å². The quantitative estimate of drug-likeness (QED) is 0.753. The second kappa shape index (κ2) is 8.47. The molecule has 2 aromatic carbocycles. The summed E-state index contributed by atoms with van der Waals surface area (Å²) in [6.07, 6.45) is 0. The Balaban J connectivity index is 2.57. The van der Waals surface area contributed by atoms with Crippen molar-refractivity contribution in [1.29, 1.82) is 0 Å². The van der Waals surface area contributed by atoms with Gasteiger partial charge in [-0.15, -0.1) is 0 Å². The summed E-state index contributed by atoms with van der Waals surface area (Å²) in [6.45, 7) is 11.7. The number of phenols is 2. The zero-order valence-electron chi connectivity index (χ0n) is 16.9. The molecule has 0 heterocycles. The Morgan fingerprint density at radius 2 is 1.15 bits per heavy atom. The summed E-state index contributed by atoms with van der Waals surface area (Å²) in [5.41, 5.74) is 0.715. The molecule has 2 aromatic rings. The Kier molecular flexibility index (Phi) is 6.53. The maximum absolute atomic E-state index is 13.8. The van der Waals surface area contributed by atoms with E-state index < -0.39 is 5.41 Å². The van der Waals surface area contributed by atoms with Gasteiger partial charge in [0.05, 0.1) is 5.41 Å². The second-order valence-electron chi connectivity index (χ2n) is 8.22. The van der Waals surface area contributed by atoms with Crippen LogP contribution < -0.4 is 0 Å². The van der Waals surface area contributed by atoms with Crippen molar-refractivity contribution < 1.29 is 15.0 Å². The van der Waals surface area contributed by atoms with Crippen molar-refractivity contribution in [1.82, 2.24) is 4.90 Å². The van der Waals surface area contributed by atoms with Gasteiger partial charge in [-0.2, -0.15) is 0 Å². The number of hydrogen-bond acceptors (Lipinski definition) is 3. The van der Waals surface area contributed by atoms with Crippen LogP contribution in [0.5, 0.6) is 11.5 Å². The molecule has 0 radical (unpaired) electrons. The van der Waals surface area contributed by atoms with Crippen LogP contribution in [0.3, 0.4) is 0 Å². The normalized spacial score (nSPS) is 11.8. The van der Waals surface area contributed by atoms with Crippen LogP contribution in [0.25, 0.3) is 0 Å². The van der Waals surface area contributed by atoms with Gasteiger partial charge < -0.3 is 15.1 Å². The van der Waals surface area contributed by atoms with Crippen LogP contribution in [0.1, 0.15) is 45.7 Å². The summed E-state index contributed by atoms with van der Waals surface area (Å²) in [5, 5.41) is 19.4. The first-order valence-corrected chi connectivity index (χ1v) is 9.53. The number of carbonyl (C=O) groups is 1. The molecule has 4 heteroatoms. The summed E-state index contributed by atoms with van der Waals surface area (Å²) >= 11 is 0. The first-order chi connectivity index (χ1) is 12.6. The molecular weight excluding hydrogens is 338 g/mol. The fraction of sp³-hybridized carbons (Fsp3) is 0.435. The van der Waals surface area contributed by atoms with E-state index in [0.29, 0.717) is 24.9 Å². The SMILES string of the molecule is CC(C)CN(CC(C)C)C(=O)C(C)(c1ccc(O)cc1)c1ccc(O)cc1. The van der Waals surface area contributed by atoms with Crippen molar-refractivity contribution in [3.05, 3.63) is 59.7 Å². The van der Waals surface area contributed by atoms with Crippen molar-refractivity contribution in [3.63, 3.8) is 0 Å². The highest BCUT2D eigenvalue weighted by atomic mass is 16.3. The van der Waals surface area contributed by atoms with E-state index in [1.807, 2.05) is 11.8 Å². The summed E-state index contributed by atoms with van der Waals surface area (Å²) in [4.78, 5) is 15.7. The average Bonchev–Trinajstić information content (AvgIpc) is 2.60. The van der Waals surface area contributed by atoms with Gasteiger partial charge in [0.15, 0.2) is 0 Å². The minimum atomic E-state index is -0.912. The zero-order valence-corrected chi connectivity index (χ0v) is 16.9. The maximum atomic E-state index is 13.8. The molecule has 0 spiro atoms. The van der Waals surface area contributed by atoms with E-state index in [1.165, 1.54) is 0 Å². The lowest BCUT2D eigenvalue weighted by Crippen LogP contribution is -2.48. The molecule has 27 heavy (non-hydrogen) atoms. The van der Waals surface area contributed by atoms with Gasteiger partial charge in [-0.05, 0) is 54.2 Å². The van der Waals surface area contributed by atoms with Crippen molar-refractivity contribution in [3.8, 4) is 11.5 Å². The fourth-order valence-corrected chi connectivity index (χ4v) is 3.44.